The van der Waals surface area contributed by atoms with Crippen LogP contribution in [0.2, 0.25) is 0 Å². The number of aromatic nitrogens is 1. The van der Waals surface area contributed by atoms with Crippen molar-refractivity contribution < 1.29 is 9.53 Å². The summed E-state index contributed by atoms with van der Waals surface area (Å²) < 4.78 is 5.40. The molecule has 31 heavy (non-hydrogen) atoms. The number of hydrogen-bond acceptors (Lipinski definition) is 5. The molecule has 0 spiro atoms. The number of nitrogens with one attached hydrogen (secondary N) is 1. The molecular weight excluding hydrogens is 406 g/mol. The van der Waals surface area contributed by atoms with Crippen molar-refractivity contribution in [1.29, 1.82) is 0 Å². The minimum atomic E-state index is 0.0232. The van der Waals surface area contributed by atoms with Crippen molar-refractivity contribution >= 4 is 34.9 Å². The number of rotatable bonds is 7. The average molecular weight is 432 g/mol. The van der Waals surface area contributed by atoms with Gasteiger partial charge in [0.25, 0.3) is 5.91 Å². The smallest absolute Gasteiger partial charge is 0.259 e. The Morgan fingerprint density at radius 1 is 1.10 bits per heavy atom. The van der Waals surface area contributed by atoms with E-state index in [-0.39, 0.29) is 5.91 Å². The van der Waals surface area contributed by atoms with Crippen LogP contribution in [0.3, 0.4) is 0 Å². The number of nitrogens with zero attached hydrogens (tertiary/aromatic N) is 2. The molecule has 1 aliphatic heterocycles. The van der Waals surface area contributed by atoms with Gasteiger partial charge in [-0.2, -0.15) is 0 Å². The lowest BCUT2D eigenvalue weighted by atomic mass is 10.1. The highest BCUT2D eigenvalue weighted by Gasteiger charge is 2.26. The molecule has 2 heterocycles. The largest absolute Gasteiger partial charge is 0.493 e. The molecule has 0 saturated carbocycles. The first-order valence-electron chi connectivity index (χ1n) is 10.3. The molecular formula is C25H25N3O2S. The second kappa shape index (κ2) is 9.71. The molecule has 6 heteroatoms. The second-order valence-corrected chi connectivity index (χ2v) is 8.22. The van der Waals surface area contributed by atoms with Crippen molar-refractivity contribution in [2.75, 3.05) is 23.9 Å². The van der Waals surface area contributed by atoms with Gasteiger partial charge in [0.05, 0.1) is 18.4 Å². The SMILES string of the molecule is CCC/C=C/CN1C(=O)c2ccccc2Sc2cc(Nc3ncccc3OC)ccc21. The zero-order chi connectivity index (χ0) is 21.6. The zero-order valence-electron chi connectivity index (χ0n) is 17.7. The van der Waals surface area contributed by atoms with E-state index in [0.29, 0.717) is 18.1 Å². The number of methoxy groups -OCH3 is 1. The Morgan fingerprint density at radius 2 is 1.97 bits per heavy atom. The zero-order valence-corrected chi connectivity index (χ0v) is 18.5. The summed E-state index contributed by atoms with van der Waals surface area (Å²) in [5, 5.41) is 3.34. The molecule has 1 amide bonds. The number of anilines is 3. The predicted octanol–water partition coefficient (Wildman–Crippen LogP) is 6.30. The molecule has 0 saturated heterocycles. The number of amides is 1. The van der Waals surface area contributed by atoms with Gasteiger partial charge in [-0.15, -0.1) is 0 Å². The summed E-state index contributed by atoms with van der Waals surface area (Å²) in [4.78, 5) is 21.6. The van der Waals surface area contributed by atoms with Gasteiger partial charge in [-0.25, -0.2) is 4.98 Å². The van der Waals surface area contributed by atoms with Gasteiger partial charge in [-0.05, 0) is 48.9 Å². The second-order valence-electron chi connectivity index (χ2n) is 7.14. The first-order chi connectivity index (χ1) is 15.2. The first-order valence-corrected chi connectivity index (χ1v) is 11.2. The number of hydrogen-bond donors (Lipinski definition) is 1. The van der Waals surface area contributed by atoms with Gasteiger partial charge in [0, 0.05) is 28.2 Å². The standard InChI is InChI=1S/C25H25N3O2S/c1-3-4-5-8-16-28-20-14-13-18(27-24-21(30-2)11-9-15-26-24)17-23(20)31-22-12-7-6-10-19(22)25(28)29/h5-15,17H,3-4,16H2,1-2H3,(H,26,27)/b8-5+. The Morgan fingerprint density at radius 3 is 2.81 bits per heavy atom. The van der Waals surface area contributed by atoms with Crippen LogP contribution in [0.4, 0.5) is 17.2 Å². The monoisotopic (exact) mass is 431 g/mol. The van der Waals surface area contributed by atoms with Crippen LogP contribution in [0.25, 0.3) is 0 Å². The van der Waals surface area contributed by atoms with Crippen molar-refractivity contribution in [3.63, 3.8) is 0 Å². The van der Waals surface area contributed by atoms with Gasteiger partial charge in [0.15, 0.2) is 11.6 Å². The predicted molar refractivity (Wildman–Crippen MR) is 127 cm³/mol. The minimum Gasteiger partial charge on any atom is -0.493 e. The van der Waals surface area contributed by atoms with Crippen LogP contribution in [0.5, 0.6) is 5.75 Å². The molecule has 0 bridgehead atoms. The average Bonchev–Trinajstić information content (AvgIpc) is 2.91. The Labute approximate surface area is 187 Å². The van der Waals surface area contributed by atoms with E-state index in [1.807, 2.05) is 53.4 Å². The van der Waals surface area contributed by atoms with Gasteiger partial charge in [0.1, 0.15) is 0 Å². The number of carbonyl (C=O) groups is 1. The molecule has 0 unspecified atom stereocenters. The van der Waals surface area contributed by atoms with Gasteiger partial charge >= 0.3 is 0 Å². The summed E-state index contributed by atoms with van der Waals surface area (Å²) in [7, 11) is 1.63. The highest BCUT2D eigenvalue weighted by Crippen LogP contribution is 2.43. The molecule has 3 aromatic rings. The summed E-state index contributed by atoms with van der Waals surface area (Å²) in [6.07, 6.45) is 8.04. The van der Waals surface area contributed by atoms with Gasteiger partial charge < -0.3 is 15.0 Å². The maximum atomic E-state index is 13.4. The van der Waals surface area contributed by atoms with Crippen LogP contribution in [-0.4, -0.2) is 24.5 Å². The Kier molecular flexibility index (Phi) is 6.57. The third-order valence-electron chi connectivity index (χ3n) is 5.00. The lowest BCUT2D eigenvalue weighted by Crippen LogP contribution is -2.31. The van der Waals surface area contributed by atoms with Gasteiger partial charge in [-0.1, -0.05) is 49.4 Å². The molecule has 1 N–H and O–H groups in total. The van der Waals surface area contributed by atoms with Gasteiger partial charge in [0.2, 0.25) is 0 Å². The molecule has 1 aromatic heterocycles. The van der Waals surface area contributed by atoms with Gasteiger partial charge in [-0.3, -0.25) is 4.79 Å². The molecule has 0 radical (unpaired) electrons. The number of benzene rings is 2. The number of fused-ring (bicyclic) bond motifs is 2. The van der Waals surface area contributed by atoms with E-state index < -0.39 is 0 Å². The van der Waals surface area contributed by atoms with Crippen molar-refractivity contribution in [2.24, 2.45) is 0 Å². The normalized spacial score (nSPS) is 13.0. The van der Waals surface area contributed by atoms with E-state index in [9.17, 15) is 4.79 Å². The van der Waals surface area contributed by atoms with Crippen LogP contribution in [0.15, 0.2) is 82.7 Å². The van der Waals surface area contributed by atoms with Crippen molar-refractivity contribution in [2.45, 2.75) is 29.6 Å². The molecule has 1 aliphatic rings. The number of carbonyl (C=O) groups excluding carboxylic acids is 1. The molecule has 0 aliphatic carbocycles. The maximum absolute atomic E-state index is 13.4. The summed E-state index contributed by atoms with van der Waals surface area (Å²) in [6, 6.07) is 17.5. The number of pyridine rings is 1. The molecule has 158 valence electrons. The van der Waals surface area contributed by atoms with Crippen LogP contribution >= 0.6 is 11.8 Å². The third-order valence-corrected chi connectivity index (χ3v) is 6.12. The summed E-state index contributed by atoms with van der Waals surface area (Å²) in [6.45, 7) is 2.69. The summed E-state index contributed by atoms with van der Waals surface area (Å²) in [5.74, 6) is 1.35. The quantitative estimate of drug-likeness (QED) is 0.445. The highest BCUT2D eigenvalue weighted by atomic mass is 32.2. The van der Waals surface area contributed by atoms with Crippen LogP contribution in [0.1, 0.15) is 30.1 Å². The Hall–Kier alpha value is -3.25. The maximum Gasteiger partial charge on any atom is 0.259 e. The van der Waals surface area contributed by atoms with E-state index in [1.165, 1.54) is 0 Å². The Bertz CT molecular complexity index is 1110. The molecule has 5 nitrogen and oxygen atoms in total. The van der Waals surface area contributed by atoms with E-state index in [4.69, 9.17) is 4.74 Å². The van der Waals surface area contributed by atoms with E-state index >= 15 is 0 Å². The minimum absolute atomic E-state index is 0.0232. The van der Waals surface area contributed by atoms with E-state index in [2.05, 4.69) is 35.4 Å². The fraction of sp³-hybridized carbons (Fsp3) is 0.200. The Balaban J connectivity index is 1.72. The number of allylic oxidation sites excluding steroid dienone is 1. The topological polar surface area (TPSA) is 54.5 Å². The first kappa shape index (κ1) is 21.0. The highest BCUT2D eigenvalue weighted by molar-refractivity contribution is 7.99. The van der Waals surface area contributed by atoms with E-state index in [0.717, 1.165) is 39.6 Å². The molecule has 0 fully saturated rings. The van der Waals surface area contributed by atoms with Crippen molar-refractivity contribution in [3.05, 3.63) is 78.5 Å². The fourth-order valence-corrected chi connectivity index (χ4v) is 4.55. The van der Waals surface area contributed by atoms with E-state index in [1.54, 1.807) is 25.1 Å². The number of ether oxygens (including phenoxy) is 1. The van der Waals surface area contributed by atoms with Crippen LogP contribution < -0.4 is 15.0 Å². The summed E-state index contributed by atoms with van der Waals surface area (Å²) >= 11 is 1.61. The fourth-order valence-electron chi connectivity index (χ4n) is 3.43. The van der Waals surface area contributed by atoms with Crippen molar-refractivity contribution in [3.8, 4) is 5.75 Å². The van der Waals surface area contributed by atoms with Crippen molar-refractivity contribution in [1.82, 2.24) is 4.98 Å². The summed E-state index contributed by atoms with van der Waals surface area (Å²) in [5.41, 5.74) is 2.52. The molecule has 4 rings (SSSR count). The third kappa shape index (κ3) is 4.59. The number of unbranched alkanes of at least 4 members (excludes halogenated alkanes) is 1. The van der Waals surface area contributed by atoms with Crippen LogP contribution in [0, 0.1) is 0 Å². The lowest BCUT2D eigenvalue weighted by molar-refractivity contribution is 0.0987. The molecule has 0 atom stereocenters. The molecule has 2 aromatic carbocycles. The lowest BCUT2D eigenvalue weighted by Gasteiger charge is -2.22. The van der Waals surface area contributed by atoms with Crippen LogP contribution in [-0.2, 0) is 0 Å².